The van der Waals surface area contributed by atoms with E-state index in [1.807, 2.05) is 6.20 Å². The molecule has 7 nitrogen and oxygen atoms in total. The molecule has 4 rings (SSSR count). The molecule has 1 unspecified atom stereocenters. The first-order valence-electron chi connectivity index (χ1n) is 10.8. The number of carbonyl (C=O) groups excluding carboxylic acids is 1. The topological polar surface area (TPSA) is 65.8 Å². The highest BCUT2D eigenvalue weighted by Gasteiger charge is 2.29. The molecule has 1 aromatic carbocycles. The number of guanidine groups is 1. The number of para-hydroxylation sites is 1. The van der Waals surface area contributed by atoms with Gasteiger partial charge in [-0.2, -0.15) is 5.10 Å². The highest BCUT2D eigenvalue weighted by atomic mass is 16.2. The second kappa shape index (κ2) is 8.84. The Morgan fingerprint density at radius 1 is 1.21 bits per heavy atom. The number of amides is 1. The van der Waals surface area contributed by atoms with Crippen LogP contribution in [-0.4, -0.2) is 71.2 Å². The zero-order chi connectivity index (χ0) is 20.2. The van der Waals surface area contributed by atoms with E-state index in [0.717, 1.165) is 25.5 Å². The van der Waals surface area contributed by atoms with Gasteiger partial charge in [0.05, 0.1) is 17.8 Å². The van der Waals surface area contributed by atoms with Crippen molar-refractivity contribution in [3.8, 4) is 0 Å². The summed E-state index contributed by atoms with van der Waals surface area (Å²) < 4.78 is 2.15. The van der Waals surface area contributed by atoms with Gasteiger partial charge in [-0.1, -0.05) is 37.5 Å². The highest BCUT2D eigenvalue weighted by Crippen LogP contribution is 2.26. The molecule has 0 bridgehead atoms. The quantitative estimate of drug-likeness (QED) is 0.637. The summed E-state index contributed by atoms with van der Waals surface area (Å²) >= 11 is 0. The Hall–Kier alpha value is -2.57. The van der Waals surface area contributed by atoms with Gasteiger partial charge in [0.25, 0.3) is 0 Å². The van der Waals surface area contributed by atoms with Gasteiger partial charge in [0.2, 0.25) is 5.91 Å². The number of likely N-dealkylation sites (N-methyl/N-ethyl adjacent to an activating group) is 1. The molecule has 156 valence electrons. The van der Waals surface area contributed by atoms with Gasteiger partial charge in [-0.25, -0.2) is 4.99 Å². The van der Waals surface area contributed by atoms with Gasteiger partial charge in [-0.05, 0) is 25.3 Å². The fourth-order valence-corrected chi connectivity index (χ4v) is 4.37. The van der Waals surface area contributed by atoms with Crippen LogP contribution >= 0.6 is 0 Å². The number of carbonyl (C=O) groups is 1. The Labute approximate surface area is 172 Å². The molecular formula is C22H32N6O. The maximum atomic E-state index is 12.1. The molecule has 7 heteroatoms. The summed E-state index contributed by atoms with van der Waals surface area (Å²) in [6, 6.07) is 9.14. The number of likely N-dealkylation sites (tertiary alicyclic amines) is 1. The van der Waals surface area contributed by atoms with Gasteiger partial charge < -0.3 is 15.1 Å². The third-order valence-corrected chi connectivity index (χ3v) is 6.11. The van der Waals surface area contributed by atoms with Crippen molar-refractivity contribution >= 4 is 22.8 Å². The van der Waals surface area contributed by atoms with Crippen molar-refractivity contribution < 1.29 is 4.79 Å². The molecule has 0 spiro atoms. The van der Waals surface area contributed by atoms with E-state index < -0.39 is 0 Å². The first-order valence-corrected chi connectivity index (χ1v) is 10.8. The summed E-state index contributed by atoms with van der Waals surface area (Å²) in [5, 5.41) is 9.50. The van der Waals surface area contributed by atoms with Crippen LogP contribution in [0.2, 0.25) is 0 Å². The van der Waals surface area contributed by atoms with E-state index in [0.29, 0.717) is 12.1 Å². The Morgan fingerprint density at radius 3 is 2.79 bits per heavy atom. The van der Waals surface area contributed by atoms with Gasteiger partial charge in [0.15, 0.2) is 5.96 Å². The molecule has 2 heterocycles. The van der Waals surface area contributed by atoms with Crippen LogP contribution in [0.25, 0.3) is 10.9 Å². The normalized spacial score (nSPS) is 21.0. The summed E-state index contributed by atoms with van der Waals surface area (Å²) in [4.78, 5) is 20.7. The minimum atomic E-state index is 0.0294. The van der Waals surface area contributed by atoms with Crippen molar-refractivity contribution in [3.63, 3.8) is 0 Å². The van der Waals surface area contributed by atoms with Gasteiger partial charge in [0, 0.05) is 38.6 Å². The molecule has 1 amide bonds. The number of hydrogen-bond donors (Lipinski definition) is 1. The molecular weight excluding hydrogens is 364 g/mol. The van der Waals surface area contributed by atoms with Crippen molar-refractivity contribution in [1.29, 1.82) is 0 Å². The Bertz CT molecular complexity index is 867. The molecule has 2 aromatic rings. The number of nitrogens with one attached hydrogen (secondary N) is 1. The molecule has 29 heavy (non-hydrogen) atoms. The molecule has 1 saturated carbocycles. The van der Waals surface area contributed by atoms with Crippen LogP contribution in [0.5, 0.6) is 0 Å². The van der Waals surface area contributed by atoms with E-state index in [1.165, 1.54) is 43.0 Å². The summed E-state index contributed by atoms with van der Waals surface area (Å²) in [6.45, 7) is 1.97. The van der Waals surface area contributed by atoms with E-state index in [1.54, 1.807) is 19.0 Å². The van der Waals surface area contributed by atoms with Crippen LogP contribution in [0.3, 0.4) is 0 Å². The van der Waals surface area contributed by atoms with Crippen molar-refractivity contribution in [2.75, 3.05) is 33.7 Å². The van der Waals surface area contributed by atoms with Crippen molar-refractivity contribution in [2.24, 2.45) is 4.99 Å². The van der Waals surface area contributed by atoms with E-state index in [9.17, 15) is 4.79 Å². The number of hydrogen-bond acceptors (Lipinski definition) is 3. The minimum Gasteiger partial charge on any atom is -0.353 e. The largest absolute Gasteiger partial charge is 0.353 e. The number of aromatic nitrogens is 2. The molecule has 1 N–H and O–H groups in total. The highest BCUT2D eigenvalue weighted by molar-refractivity contribution is 5.85. The number of benzene rings is 1. The predicted octanol–water partition coefficient (Wildman–Crippen LogP) is 2.65. The van der Waals surface area contributed by atoms with E-state index in [4.69, 9.17) is 4.99 Å². The Kier molecular flexibility index (Phi) is 6.02. The van der Waals surface area contributed by atoms with E-state index in [-0.39, 0.29) is 12.5 Å². The van der Waals surface area contributed by atoms with Crippen molar-refractivity contribution in [3.05, 3.63) is 30.5 Å². The lowest BCUT2D eigenvalue weighted by atomic mass is 9.96. The number of rotatable bonds is 4. The number of aliphatic imine (C=N–C) groups is 1. The maximum absolute atomic E-state index is 12.1. The lowest BCUT2D eigenvalue weighted by Crippen LogP contribution is -2.46. The minimum absolute atomic E-state index is 0.0294. The van der Waals surface area contributed by atoms with Crippen LogP contribution in [0.4, 0.5) is 0 Å². The fraction of sp³-hybridized carbons (Fsp3) is 0.591. The van der Waals surface area contributed by atoms with Crippen LogP contribution in [0.1, 0.15) is 44.6 Å². The molecule has 1 atom stereocenters. The Balaban J connectivity index is 1.49. The van der Waals surface area contributed by atoms with Gasteiger partial charge in [-0.15, -0.1) is 0 Å². The van der Waals surface area contributed by atoms with Gasteiger partial charge >= 0.3 is 0 Å². The van der Waals surface area contributed by atoms with E-state index in [2.05, 4.69) is 44.3 Å². The SMILES string of the molecule is CN(C)C(=O)CN=C(NC1CCCCC1)N1CCC(n2ncc3ccccc32)C1. The molecule has 1 aliphatic heterocycles. The molecule has 1 aromatic heterocycles. The average molecular weight is 397 g/mol. The monoisotopic (exact) mass is 396 g/mol. The van der Waals surface area contributed by atoms with Crippen molar-refractivity contribution in [2.45, 2.75) is 50.6 Å². The number of fused-ring (bicyclic) bond motifs is 1. The van der Waals surface area contributed by atoms with E-state index >= 15 is 0 Å². The first-order chi connectivity index (χ1) is 14.1. The summed E-state index contributed by atoms with van der Waals surface area (Å²) in [5.41, 5.74) is 1.18. The van der Waals surface area contributed by atoms with Gasteiger partial charge in [-0.3, -0.25) is 9.48 Å². The second-order valence-corrected chi connectivity index (χ2v) is 8.44. The zero-order valence-corrected chi connectivity index (χ0v) is 17.5. The van der Waals surface area contributed by atoms with Crippen LogP contribution < -0.4 is 5.32 Å². The van der Waals surface area contributed by atoms with Gasteiger partial charge in [0.1, 0.15) is 6.54 Å². The molecule has 1 aliphatic carbocycles. The average Bonchev–Trinajstić information content (AvgIpc) is 3.38. The lowest BCUT2D eigenvalue weighted by molar-refractivity contribution is -0.127. The number of nitrogens with zero attached hydrogens (tertiary/aromatic N) is 5. The zero-order valence-electron chi connectivity index (χ0n) is 17.5. The van der Waals surface area contributed by atoms with Crippen LogP contribution in [-0.2, 0) is 4.79 Å². The summed E-state index contributed by atoms with van der Waals surface area (Å²) in [7, 11) is 3.56. The molecule has 2 aliphatic rings. The summed E-state index contributed by atoms with van der Waals surface area (Å²) in [6.07, 6.45) is 9.19. The molecule has 1 saturated heterocycles. The van der Waals surface area contributed by atoms with Crippen molar-refractivity contribution in [1.82, 2.24) is 24.9 Å². The predicted molar refractivity (Wildman–Crippen MR) is 116 cm³/mol. The fourth-order valence-electron chi connectivity index (χ4n) is 4.37. The maximum Gasteiger partial charge on any atom is 0.243 e. The third kappa shape index (κ3) is 4.54. The van der Waals surface area contributed by atoms with Crippen LogP contribution in [0.15, 0.2) is 35.5 Å². The molecule has 2 fully saturated rings. The smallest absolute Gasteiger partial charge is 0.243 e. The first kappa shape index (κ1) is 19.7. The molecule has 0 radical (unpaired) electrons. The standard InChI is InChI=1S/C22H32N6O/c1-26(2)21(29)15-23-22(25-18-9-4-3-5-10-18)27-13-12-19(16-27)28-20-11-7-6-8-17(20)14-24-28/h6-8,11,14,18-19H,3-5,9-10,12-13,15-16H2,1-2H3,(H,23,25). The Morgan fingerprint density at radius 2 is 2.00 bits per heavy atom. The second-order valence-electron chi connectivity index (χ2n) is 8.44. The summed E-state index contributed by atoms with van der Waals surface area (Å²) in [5.74, 6) is 0.910. The third-order valence-electron chi connectivity index (χ3n) is 6.11. The van der Waals surface area contributed by atoms with Crippen LogP contribution in [0, 0.1) is 0 Å². The lowest BCUT2D eigenvalue weighted by Gasteiger charge is -2.29.